The molecule has 2 N–H and O–H groups in total. The Morgan fingerprint density at radius 2 is 1.96 bits per heavy atom. The lowest BCUT2D eigenvalue weighted by atomic mass is 10.0. The third-order valence-electron chi connectivity index (χ3n) is 3.78. The molecule has 0 fully saturated rings. The number of hydrogen-bond donors (Lipinski definition) is 2. The zero-order valence-corrected chi connectivity index (χ0v) is 15.5. The third kappa shape index (κ3) is 4.06. The molecule has 0 unspecified atom stereocenters. The lowest BCUT2D eigenvalue weighted by molar-refractivity contribution is 0.0697. The number of aromatic nitrogens is 1. The monoisotopic (exact) mass is 434 g/mol. The average Bonchev–Trinajstić information content (AvgIpc) is 2.65. The van der Waals surface area contributed by atoms with E-state index in [1.54, 1.807) is 24.3 Å². The molecule has 0 saturated heterocycles. The second kappa shape index (κ2) is 7.71. The fourth-order valence-electron chi connectivity index (χ4n) is 2.48. The largest absolute Gasteiger partial charge is 0.497 e. The minimum absolute atomic E-state index is 0.0548. The number of hydrogen-bond acceptors (Lipinski definition) is 4. The second-order valence-electron chi connectivity index (χ2n) is 5.52. The highest BCUT2D eigenvalue weighted by molar-refractivity contribution is 9.10. The molecule has 2 aromatic carbocycles. The van der Waals surface area contributed by atoms with E-state index in [4.69, 9.17) is 4.74 Å². The van der Waals surface area contributed by atoms with Gasteiger partial charge in [0.25, 0.3) is 0 Å². The molecule has 3 rings (SSSR count). The molecule has 1 aromatic heterocycles. The molecule has 3 aromatic rings. The van der Waals surface area contributed by atoms with E-state index in [0.29, 0.717) is 15.8 Å². The highest BCUT2D eigenvalue weighted by Crippen LogP contribution is 2.31. The Bertz CT molecular complexity index is 1030. The first-order valence-electron chi connectivity index (χ1n) is 7.68. The number of nitrogens with one attached hydrogen (secondary N) is 1. The van der Waals surface area contributed by atoms with Crippen LogP contribution in [-0.2, 0) is 0 Å². The van der Waals surface area contributed by atoms with Gasteiger partial charge in [-0.1, -0.05) is 12.1 Å². The van der Waals surface area contributed by atoms with Crippen LogP contribution in [0.3, 0.4) is 0 Å². The van der Waals surface area contributed by atoms with E-state index in [1.165, 1.54) is 19.4 Å². The summed E-state index contributed by atoms with van der Waals surface area (Å²) in [5, 5.41) is 11.8. The van der Waals surface area contributed by atoms with Crippen molar-refractivity contribution < 1.29 is 23.4 Å². The molecule has 0 bridgehead atoms. The summed E-state index contributed by atoms with van der Waals surface area (Å²) in [4.78, 5) is 15.3. The Morgan fingerprint density at radius 3 is 2.67 bits per heavy atom. The predicted molar refractivity (Wildman–Crippen MR) is 101 cm³/mol. The van der Waals surface area contributed by atoms with Crippen molar-refractivity contribution >= 4 is 33.4 Å². The van der Waals surface area contributed by atoms with Gasteiger partial charge in [-0.3, -0.25) is 0 Å². The third-order valence-corrected chi connectivity index (χ3v) is 4.21. The van der Waals surface area contributed by atoms with Gasteiger partial charge in [-0.25, -0.2) is 18.6 Å². The number of nitrogens with zero attached hydrogens (tertiary/aromatic N) is 1. The number of rotatable bonds is 5. The Kier molecular flexibility index (Phi) is 5.36. The average molecular weight is 435 g/mol. The maximum Gasteiger partial charge on any atom is 0.339 e. The molecule has 0 spiro atoms. The van der Waals surface area contributed by atoms with E-state index in [2.05, 4.69) is 26.2 Å². The van der Waals surface area contributed by atoms with Crippen molar-refractivity contribution in [3.05, 3.63) is 70.3 Å². The van der Waals surface area contributed by atoms with Gasteiger partial charge in [-0.2, -0.15) is 0 Å². The summed E-state index contributed by atoms with van der Waals surface area (Å²) < 4.78 is 34.7. The molecular weight excluding hydrogens is 422 g/mol. The van der Waals surface area contributed by atoms with Crippen molar-refractivity contribution in [3.63, 3.8) is 0 Å². The highest BCUT2D eigenvalue weighted by Gasteiger charge is 2.17. The molecule has 1 heterocycles. The van der Waals surface area contributed by atoms with Crippen LogP contribution in [-0.4, -0.2) is 23.2 Å². The molecule has 0 amide bonds. The molecule has 5 nitrogen and oxygen atoms in total. The first-order chi connectivity index (χ1) is 12.9. The summed E-state index contributed by atoms with van der Waals surface area (Å²) in [6.45, 7) is 0. The minimum Gasteiger partial charge on any atom is -0.497 e. The first kappa shape index (κ1) is 18.8. The molecule has 0 saturated carbocycles. The van der Waals surface area contributed by atoms with Gasteiger partial charge in [-0.15, -0.1) is 0 Å². The fraction of sp³-hybridized carbons (Fsp3) is 0.0526. The van der Waals surface area contributed by atoms with E-state index in [0.717, 1.165) is 12.1 Å². The van der Waals surface area contributed by atoms with Gasteiger partial charge < -0.3 is 15.2 Å². The van der Waals surface area contributed by atoms with Crippen LogP contribution in [0.4, 0.5) is 20.3 Å². The van der Waals surface area contributed by atoms with E-state index in [9.17, 15) is 18.7 Å². The SMILES string of the molecule is COc1cccc(-c2cc(F)c(Nc3ncc(Br)cc3C(=O)O)cc2F)c1. The number of methoxy groups -OCH3 is 1. The molecule has 0 radical (unpaired) electrons. The maximum absolute atomic E-state index is 14.6. The van der Waals surface area contributed by atoms with Crippen molar-refractivity contribution in [1.29, 1.82) is 0 Å². The van der Waals surface area contributed by atoms with Gasteiger partial charge in [0.05, 0.1) is 12.8 Å². The van der Waals surface area contributed by atoms with Crippen LogP contribution in [0.15, 0.2) is 53.1 Å². The van der Waals surface area contributed by atoms with Gasteiger partial charge >= 0.3 is 5.97 Å². The fourth-order valence-corrected chi connectivity index (χ4v) is 2.82. The van der Waals surface area contributed by atoms with E-state index >= 15 is 0 Å². The number of pyridine rings is 1. The quantitative estimate of drug-likeness (QED) is 0.574. The lowest BCUT2D eigenvalue weighted by Crippen LogP contribution is -2.06. The summed E-state index contributed by atoms with van der Waals surface area (Å²) in [5.41, 5.74) is 0.0991. The number of aromatic carboxylic acids is 1. The van der Waals surface area contributed by atoms with Gasteiger partial charge in [0.2, 0.25) is 0 Å². The van der Waals surface area contributed by atoms with Crippen LogP contribution >= 0.6 is 15.9 Å². The van der Waals surface area contributed by atoms with Crippen LogP contribution < -0.4 is 10.1 Å². The summed E-state index contributed by atoms with van der Waals surface area (Å²) in [6, 6.07) is 9.89. The van der Waals surface area contributed by atoms with Crippen molar-refractivity contribution in [2.75, 3.05) is 12.4 Å². The number of carbonyl (C=O) groups is 1. The molecule has 0 atom stereocenters. The maximum atomic E-state index is 14.6. The van der Waals surface area contributed by atoms with Gasteiger partial charge in [0, 0.05) is 22.3 Å². The Labute approximate surface area is 161 Å². The molecule has 0 aliphatic heterocycles. The van der Waals surface area contributed by atoms with Crippen molar-refractivity contribution in [2.24, 2.45) is 0 Å². The van der Waals surface area contributed by atoms with Crippen LogP contribution in [0.1, 0.15) is 10.4 Å². The summed E-state index contributed by atoms with van der Waals surface area (Å²) in [6.07, 6.45) is 1.35. The summed E-state index contributed by atoms with van der Waals surface area (Å²) in [5.74, 6) is -2.27. The van der Waals surface area contributed by atoms with E-state index in [-0.39, 0.29) is 22.6 Å². The number of anilines is 2. The molecule has 0 aliphatic rings. The normalized spacial score (nSPS) is 10.5. The Balaban J connectivity index is 2.00. The van der Waals surface area contributed by atoms with Crippen molar-refractivity contribution in [1.82, 2.24) is 4.98 Å². The van der Waals surface area contributed by atoms with Gasteiger partial charge in [0.1, 0.15) is 28.8 Å². The summed E-state index contributed by atoms with van der Waals surface area (Å²) in [7, 11) is 1.48. The smallest absolute Gasteiger partial charge is 0.339 e. The second-order valence-corrected chi connectivity index (χ2v) is 6.44. The van der Waals surface area contributed by atoms with Crippen LogP contribution in [0, 0.1) is 11.6 Å². The molecule has 27 heavy (non-hydrogen) atoms. The van der Waals surface area contributed by atoms with Crippen molar-refractivity contribution in [3.8, 4) is 16.9 Å². The number of carboxylic acids is 1. The number of carboxylic acid groups (broad SMARTS) is 1. The van der Waals surface area contributed by atoms with Crippen molar-refractivity contribution in [2.45, 2.75) is 0 Å². The Morgan fingerprint density at radius 1 is 1.19 bits per heavy atom. The number of halogens is 3. The van der Waals surface area contributed by atoms with Crippen LogP contribution in [0.5, 0.6) is 5.75 Å². The van der Waals surface area contributed by atoms with E-state index < -0.39 is 17.6 Å². The van der Waals surface area contributed by atoms with Gasteiger partial charge in [-0.05, 0) is 45.8 Å². The zero-order chi connectivity index (χ0) is 19.6. The number of benzene rings is 2. The standard InChI is InChI=1S/C19H13BrF2N2O3/c1-27-12-4-2-3-10(5-12)13-7-16(22)17(8-15(13)21)24-18-14(19(25)26)6-11(20)9-23-18/h2-9H,1H3,(H,23,24)(H,25,26). The topological polar surface area (TPSA) is 71.5 Å². The molecule has 138 valence electrons. The van der Waals surface area contributed by atoms with Crippen LogP contribution in [0.2, 0.25) is 0 Å². The van der Waals surface area contributed by atoms with Crippen LogP contribution in [0.25, 0.3) is 11.1 Å². The highest BCUT2D eigenvalue weighted by atomic mass is 79.9. The Hall–Kier alpha value is -3.00. The first-order valence-corrected chi connectivity index (χ1v) is 8.47. The zero-order valence-electron chi connectivity index (χ0n) is 14.0. The predicted octanol–water partition coefficient (Wildman–Crippen LogP) is 5.24. The molecule has 8 heteroatoms. The lowest BCUT2D eigenvalue weighted by Gasteiger charge is -2.12. The molecule has 0 aliphatic carbocycles. The molecular formula is C19H13BrF2N2O3. The number of ether oxygens (including phenoxy) is 1. The van der Waals surface area contributed by atoms with Gasteiger partial charge in [0.15, 0.2) is 0 Å². The van der Waals surface area contributed by atoms with E-state index in [1.807, 2.05) is 0 Å². The summed E-state index contributed by atoms with van der Waals surface area (Å²) >= 11 is 3.13. The minimum atomic E-state index is -1.25.